The van der Waals surface area contributed by atoms with E-state index in [0.717, 1.165) is 6.07 Å². The molecule has 0 fully saturated rings. The summed E-state index contributed by atoms with van der Waals surface area (Å²) in [6.45, 7) is 1.36. The summed E-state index contributed by atoms with van der Waals surface area (Å²) in [6, 6.07) is 8.41. The highest BCUT2D eigenvalue weighted by Gasteiger charge is 2.23. The third-order valence-corrected chi connectivity index (χ3v) is 4.38. The van der Waals surface area contributed by atoms with Crippen molar-refractivity contribution in [2.24, 2.45) is 0 Å². The largest absolute Gasteiger partial charge is 0.449 e. The molecule has 0 radical (unpaired) electrons. The maximum atomic E-state index is 12.4. The number of nitro benzene ring substituents is 1. The predicted octanol–water partition coefficient (Wildman–Crippen LogP) is 4.13. The number of non-ortho nitro benzene ring substituents is 1. The highest BCUT2D eigenvalue weighted by atomic mass is 35.5. The van der Waals surface area contributed by atoms with E-state index in [-0.39, 0.29) is 27.0 Å². The van der Waals surface area contributed by atoms with Gasteiger partial charge in [-0.25, -0.2) is 4.79 Å². The average molecular weight is 412 g/mol. The van der Waals surface area contributed by atoms with Crippen molar-refractivity contribution in [3.8, 4) is 0 Å². The first-order valence-electron chi connectivity index (χ1n) is 7.66. The lowest BCUT2D eigenvalue weighted by atomic mass is 10.1. The van der Waals surface area contributed by atoms with Gasteiger partial charge in [0.05, 0.1) is 26.2 Å². The molecule has 0 aliphatic rings. The van der Waals surface area contributed by atoms with E-state index in [9.17, 15) is 19.7 Å². The van der Waals surface area contributed by atoms with Gasteiger partial charge in [-0.1, -0.05) is 29.3 Å². The monoisotopic (exact) mass is 411 g/mol. The fourth-order valence-electron chi connectivity index (χ4n) is 2.14. The number of ether oxygens (including phenoxy) is 1. The van der Waals surface area contributed by atoms with Gasteiger partial charge in [0.2, 0.25) is 0 Å². The Morgan fingerprint density at radius 1 is 1.19 bits per heavy atom. The number of hydrogen-bond acceptors (Lipinski definition) is 6. The Labute approximate surface area is 164 Å². The number of amides is 1. The quantitative estimate of drug-likeness (QED) is 0.419. The molecule has 1 amide bonds. The fourth-order valence-corrected chi connectivity index (χ4v) is 2.49. The molecule has 142 valence electrons. The zero-order valence-electron chi connectivity index (χ0n) is 14.3. The van der Waals surface area contributed by atoms with E-state index >= 15 is 0 Å². The first-order valence-corrected chi connectivity index (χ1v) is 8.42. The van der Waals surface area contributed by atoms with E-state index in [1.165, 1.54) is 19.1 Å². The SMILES string of the molecule is CNc1ccc([N+](=O)[O-])cc1C(=O)O[C@H](C)C(=O)Nc1cccc(Cl)c1Cl. The van der Waals surface area contributed by atoms with Crippen molar-refractivity contribution in [1.29, 1.82) is 0 Å². The molecular weight excluding hydrogens is 397 g/mol. The Morgan fingerprint density at radius 3 is 2.52 bits per heavy atom. The smallest absolute Gasteiger partial charge is 0.341 e. The third-order valence-electron chi connectivity index (χ3n) is 3.57. The number of benzene rings is 2. The fraction of sp³-hybridized carbons (Fsp3) is 0.176. The van der Waals surface area contributed by atoms with Crippen LogP contribution in [0, 0.1) is 10.1 Å². The van der Waals surface area contributed by atoms with Crippen LogP contribution in [0.5, 0.6) is 0 Å². The molecule has 0 aliphatic heterocycles. The summed E-state index contributed by atoms with van der Waals surface area (Å²) in [5.74, 6) is -1.52. The molecule has 0 heterocycles. The number of esters is 1. The minimum absolute atomic E-state index is 0.0628. The van der Waals surface area contributed by atoms with Crippen LogP contribution >= 0.6 is 23.2 Å². The first kappa shape index (κ1) is 20.5. The minimum Gasteiger partial charge on any atom is -0.449 e. The summed E-state index contributed by atoms with van der Waals surface area (Å²) in [5, 5.41) is 16.6. The van der Waals surface area contributed by atoms with Crippen LogP contribution in [0.15, 0.2) is 36.4 Å². The van der Waals surface area contributed by atoms with Crippen LogP contribution in [0.2, 0.25) is 10.0 Å². The Hall–Kier alpha value is -2.84. The highest BCUT2D eigenvalue weighted by molar-refractivity contribution is 6.44. The summed E-state index contributed by atoms with van der Waals surface area (Å²) < 4.78 is 5.13. The number of carbonyl (C=O) groups is 2. The maximum Gasteiger partial charge on any atom is 0.341 e. The van der Waals surface area contributed by atoms with Crippen molar-refractivity contribution >= 4 is 52.1 Å². The van der Waals surface area contributed by atoms with E-state index in [1.54, 1.807) is 25.2 Å². The van der Waals surface area contributed by atoms with Crippen molar-refractivity contribution in [3.05, 3.63) is 62.1 Å². The molecule has 2 N–H and O–H groups in total. The van der Waals surface area contributed by atoms with Gasteiger partial charge in [-0.05, 0) is 25.1 Å². The van der Waals surface area contributed by atoms with Crippen molar-refractivity contribution in [2.45, 2.75) is 13.0 Å². The molecule has 27 heavy (non-hydrogen) atoms. The van der Waals surface area contributed by atoms with Gasteiger partial charge in [-0.3, -0.25) is 14.9 Å². The summed E-state index contributed by atoms with van der Waals surface area (Å²) in [7, 11) is 1.55. The molecule has 0 saturated carbocycles. The number of nitrogens with zero attached hydrogens (tertiary/aromatic N) is 1. The topological polar surface area (TPSA) is 111 Å². The van der Waals surface area contributed by atoms with Crippen LogP contribution in [0.25, 0.3) is 0 Å². The maximum absolute atomic E-state index is 12.4. The first-order chi connectivity index (χ1) is 12.7. The molecule has 2 aromatic rings. The Balaban J connectivity index is 2.15. The number of nitro groups is 1. The normalized spacial score (nSPS) is 11.4. The van der Waals surface area contributed by atoms with E-state index in [2.05, 4.69) is 10.6 Å². The standard InChI is InChI=1S/C17H15Cl2N3O5/c1-9(16(23)21-14-5-3-4-12(18)15(14)19)27-17(24)11-8-10(22(25)26)6-7-13(11)20-2/h3-9,20H,1-2H3,(H,21,23)/t9-/m1/s1. The average Bonchev–Trinajstić information content (AvgIpc) is 2.64. The molecule has 10 heteroatoms. The van der Waals surface area contributed by atoms with Gasteiger partial charge in [0.15, 0.2) is 6.10 Å². The van der Waals surface area contributed by atoms with Crippen LogP contribution in [0.1, 0.15) is 17.3 Å². The molecule has 2 rings (SSSR count). The van der Waals surface area contributed by atoms with E-state index in [0.29, 0.717) is 5.69 Å². The van der Waals surface area contributed by atoms with Gasteiger partial charge >= 0.3 is 5.97 Å². The molecule has 0 aliphatic carbocycles. The van der Waals surface area contributed by atoms with Gasteiger partial charge in [-0.15, -0.1) is 0 Å². The lowest BCUT2D eigenvalue weighted by Crippen LogP contribution is -2.30. The molecule has 0 aromatic heterocycles. The molecule has 2 aromatic carbocycles. The molecule has 0 spiro atoms. The number of carbonyl (C=O) groups excluding carboxylic acids is 2. The van der Waals surface area contributed by atoms with Crippen LogP contribution in [0.4, 0.5) is 17.1 Å². The number of halogens is 2. The van der Waals surface area contributed by atoms with Gasteiger partial charge in [0, 0.05) is 24.9 Å². The van der Waals surface area contributed by atoms with Crippen molar-refractivity contribution in [3.63, 3.8) is 0 Å². The van der Waals surface area contributed by atoms with Crippen LogP contribution < -0.4 is 10.6 Å². The van der Waals surface area contributed by atoms with Crippen LogP contribution in [0.3, 0.4) is 0 Å². The molecule has 1 atom stereocenters. The number of hydrogen-bond donors (Lipinski definition) is 2. The Bertz CT molecular complexity index is 904. The lowest BCUT2D eigenvalue weighted by molar-refractivity contribution is -0.384. The van der Waals surface area contributed by atoms with Gasteiger partial charge in [-0.2, -0.15) is 0 Å². The molecule has 0 unspecified atom stereocenters. The van der Waals surface area contributed by atoms with Crippen LogP contribution in [-0.4, -0.2) is 30.0 Å². The second kappa shape index (κ2) is 8.70. The highest BCUT2D eigenvalue weighted by Crippen LogP contribution is 2.29. The molecular formula is C17H15Cl2N3O5. The van der Waals surface area contributed by atoms with E-state index < -0.39 is 22.9 Å². The van der Waals surface area contributed by atoms with Gasteiger partial charge < -0.3 is 15.4 Å². The summed E-state index contributed by atoms with van der Waals surface area (Å²) in [4.78, 5) is 34.9. The summed E-state index contributed by atoms with van der Waals surface area (Å²) in [6.07, 6.45) is -1.18. The van der Waals surface area contributed by atoms with Crippen molar-refractivity contribution in [2.75, 3.05) is 17.7 Å². The zero-order chi connectivity index (χ0) is 20.1. The van der Waals surface area contributed by atoms with Gasteiger partial charge in [0.1, 0.15) is 0 Å². The van der Waals surface area contributed by atoms with Crippen LogP contribution in [-0.2, 0) is 9.53 Å². The number of nitrogens with one attached hydrogen (secondary N) is 2. The van der Waals surface area contributed by atoms with Crippen molar-refractivity contribution in [1.82, 2.24) is 0 Å². The molecule has 0 bridgehead atoms. The van der Waals surface area contributed by atoms with Gasteiger partial charge in [0.25, 0.3) is 11.6 Å². The zero-order valence-corrected chi connectivity index (χ0v) is 15.8. The molecule has 0 saturated heterocycles. The number of rotatable bonds is 6. The lowest BCUT2D eigenvalue weighted by Gasteiger charge is -2.15. The third kappa shape index (κ3) is 4.87. The Kier molecular flexibility index (Phi) is 6.59. The van der Waals surface area contributed by atoms with Crippen molar-refractivity contribution < 1.29 is 19.2 Å². The summed E-state index contributed by atoms with van der Waals surface area (Å²) in [5.41, 5.74) is 0.260. The van der Waals surface area contributed by atoms with E-state index in [1.807, 2.05) is 0 Å². The second-order valence-corrected chi connectivity index (χ2v) is 6.16. The summed E-state index contributed by atoms with van der Waals surface area (Å²) >= 11 is 11.9. The minimum atomic E-state index is -1.18. The number of anilines is 2. The molecule has 8 nitrogen and oxygen atoms in total. The van der Waals surface area contributed by atoms with E-state index in [4.69, 9.17) is 27.9 Å². The Morgan fingerprint density at radius 2 is 1.89 bits per heavy atom. The predicted molar refractivity (Wildman–Crippen MR) is 103 cm³/mol. The second-order valence-electron chi connectivity index (χ2n) is 5.38.